The molecule has 182 valence electrons. The number of nitrogens with zero attached hydrogens (tertiary/aromatic N) is 2. The van der Waals surface area contributed by atoms with E-state index in [4.69, 9.17) is 5.10 Å². The molecule has 2 N–H and O–H groups in total. The first kappa shape index (κ1) is 25.8. The zero-order valence-corrected chi connectivity index (χ0v) is 20.4. The molecule has 3 aromatic rings. The molecule has 0 radical (unpaired) electrons. The van der Waals surface area contributed by atoms with Crippen LogP contribution in [0.25, 0.3) is 16.9 Å². The lowest BCUT2D eigenvalue weighted by Crippen LogP contribution is -2.19. The zero-order chi connectivity index (χ0) is 24.9. The van der Waals surface area contributed by atoms with Crippen molar-refractivity contribution in [2.75, 3.05) is 19.4 Å². The predicted molar refractivity (Wildman–Crippen MR) is 129 cm³/mol. The minimum Gasteiger partial charge on any atom is -0.469 e. The fraction of sp³-hybridized carbons (Fsp3) is 0.360. The summed E-state index contributed by atoms with van der Waals surface area (Å²) in [5, 5.41) is 14.9. The second kappa shape index (κ2) is 11.1. The first-order chi connectivity index (χ1) is 16.1. The van der Waals surface area contributed by atoms with E-state index < -0.39 is 25.6 Å². The van der Waals surface area contributed by atoms with E-state index in [1.165, 1.54) is 19.2 Å². The lowest BCUT2D eigenvalue weighted by atomic mass is 9.98. The fourth-order valence-corrected chi connectivity index (χ4v) is 5.50. The smallest absolute Gasteiger partial charge is 0.308 e. The van der Waals surface area contributed by atoms with Crippen molar-refractivity contribution in [3.05, 3.63) is 71.7 Å². The average Bonchev–Trinajstić information content (AvgIpc) is 3.18. The van der Waals surface area contributed by atoms with E-state index >= 15 is 0 Å². The van der Waals surface area contributed by atoms with Gasteiger partial charge < -0.3 is 14.7 Å². The van der Waals surface area contributed by atoms with Gasteiger partial charge in [-0.3, -0.25) is 9.36 Å². The monoisotopic (exact) mass is 488 g/mol. The lowest BCUT2D eigenvalue weighted by Gasteiger charge is -2.17. The molecule has 0 saturated carbocycles. The van der Waals surface area contributed by atoms with Gasteiger partial charge in [-0.2, -0.15) is 5.10 Å². The third-order valence-corrected chi connectivity index (χ3v) is 7.44. The highest BCUT2D eigenvalue weighted by molar-refractivity contribution is 7.58. The van der Waals surface area contributed by atoms with Crippen LogP contribution >= 0.6 is 7.37 Å². The van der Waals surface area contributed by atoms with Crippen LogP contribution in [0.4, 0.5) is 4.39 Å². The van der Waals surface area contributed by atoms with Crippen LogP contribution in [0.15, 0.2) is 54.6 Å². The van der Waals surface area contributed by atoms with E-state index in [9.17, 15) is 23.7 Å². The standard InChI is InChI=1S/C25H30FN2O5P/c1-17(2)25-22(13-14-34(31,32)16-21(29)15-23(30)33-3)24(18-9-11-19(26)12-10-18)27-28(25)20-7-5-4-6-8-20/h4-12,17,21,29H,13-16H2,1-3H3,(H,31,32)/t21-/m0/s1. The Morgan fingerprint density at radius 2 is 1.79 bits per heavy atom. The normalized spacial score (nSPS) is 14.1. The molecule has 0 bridgehead atoms. The van der Waals surface area contributed by atoms with Crippen LogP contribution in [-0.2, 0) is 20.5 Å². The minimum atomic E-state index is -3.77. The van der Waals surface area contributed by atoms with E-state index in [0.717, 1.165) is 16.9 Å². The van der Waals surface area contributed by atoms with Crippen molar-refractivity contribution >= 4 is 13.3 Å². The van der Waals surface area contributed by atoms with Crippen molar-refractivity contribution in [3.63, 3.8) is 0 Å². The molecule has 1 unspecified atom stereocenters. The summed E-state index contributed by atoms with van der Waals surface area (Å²) in [6.07, 6.45) is -1.88. The van der Waals surface area contributed by atoms with Crippen LogP contribution in [0.3, 0.4) is 0 Å². The molecule has 3 rings (SSSR count). The number of aliphatic hydroxyl groups excluding tert-OH is 1. The van der Waals surface area contributed by atoms with Crippen LogP contribution in [0.2, 0.25) is 0 Å². The third kappa shape index (κ3) is 6.41. The number of esters is 1. The maximum Gasteiger partial charge on any atom is 0.308 e. The topological polar surface area (TPSA) is 102 Å². The molecule has 0 amide bonds. The van der Waals surface area contributed by atoms with Crippen LogP contribution < -0.4 is 0 Å². The molecule has 2 atom stereocenters. The largest absolute Gasteiger partial charge is 0.469 e. The number of hydrogen-bond donors (Lipinski definition) is 2. The first-order valence-corrected chi connectivity index (χ1v) is 13.1. The van der Waals surface area contributed by atoms with E-state index in [2.05, 4.69) is 4.74 Å². The molecule has 2 aromatic carbocycles. The van der Waals surface area contributed by atoms with Crippen molar-refractivity contribution in [1.82, 2.24) is 9.78 Å². The van der Waals surface area contributed by atoms with Gasteiger partial charge in [0.05, 0.1) is 42.9 Å². The van der Waals surface area contributed by atoms with Crippen molar-refractivity contribution in [2.45, 2.75) is 38.7 Å². The Labute approximate surface area is 198 Å². The zero-order valence-electron chi connectivity index (χ0n) is 19.5. The van der Waals surface area contributed by atoms with Crippen molar-refractivity contribution in [3.8, 4) is 16.9 Å². The van der Waals surface area contributed by atoms with Crippen molar-refractivity contribution in [2.24, 2.45) is 0 Å². The summed E-state index contributed by atoms with van der Waals surface area (Å²) in [7, 11) is -2.57. The van der Waals surface area contributed by atoms with Crippen molar-refractivity contribution in [1.29, 1.82) is 0 Å². The summed E-state index contributed by atoms with van der Waals surface area (Å²) in [5.41, 5.74) is 3.85. The molecule has 0 spiro atoms. The van der Waals surface area contributed by atoms with Crippen molar-refractivity contribution < 1.29 is 28.5 Å². The molecule has 0 aliphatic heterocycles. The van der Waals surface area contributed by atoms with Gasteiger partial charge in [-0.25, -0.2) is 9.07 Å². The Morgan fingerprint density at radius 3 is 2.38 bits per heavy atom. The molecule has 34 heavy (non-hydrogen) atoms. The number of para-hydroxylation sites is 1. The molecule has 0 saturated heterocycles. The summed E-state index contributed by atoms with van der Waals surface area (Å²) < 4.78 is 32.8. The summed E-state index contributed by atoms with van der Waals surface area (Å²) in [6.45, 7) is 4.04. The minimum absolute atomic E-state index is 0.0416. The number of methoxy groups -OCH3 is 1. The SMILES string of the molecule is COC(=O)C[C@H](O)CP(=O)(O)CCc1c(-c2ccc(F)cc2)nn(-c2ccccc2)c1C(C)C. The maximum atomic E-state index is 13.6. The number of rotatable bonds is 10. The third-order valence-electron chi connectivity index (χ3n) is 5.53. The van der Waals surface area contributed by atoms with Gasteiger partial charge in [-0.15, -0.1) is 0 Å². The summed E-state index contributed by atoms with van der Waals surface area (Å²) in [6, 6.07) is 15.6. The second-order valence-electron chi connectivity index (χ2n) is 8.56. The number of hydrogen-bond acceptors (Lipinski definition) is 5. The van der Waals surface area contributed by atoms with Gasteiger partial charge >= 0.3 is 5.97 Å². The Morgan fingerprint density at radius 1 is 1.15 bits per heavy atom. The lowest BCUT2D eigenvalue weighted by molar-refractivity contribution is -0.142. The molecular weight excluding hydrogens is 458 g/mol. The molecule has 1 heterocycles. The number of halogens is 1. The molecule has 0 aliphatic rings. The number of ether oxygens (including phenoxy) is 1. The summed E-state index contributed by atoms with van der Waals surface area (Å²) >= 11 is 0. The number of carbonyl (C=O) groups is 1. The van der Waals surface area contributed by atoms with Gasteiger partial charge in [-0.05, 0) is 48.7 Å². The molecule has 9 heteroatoms. The number of carbonyl (C=O) groups excluding carboxylic acids is 1. The molecule has 1 aromatic heterocycles. The van der Waals surface area contributed by atoms with Gasteiger partial charge in [-0.1, -0.05) is 32.0 Å². The van der Waals surface area contributed by atoms with Gasteiger partial charge in [0.25, 0.3) is 0 Å². The van der Waals surface area contributed by atoms with E-state index in [1.54, 1.807) is 12.1 Å². The molecule has 0 aliphatic carbocycles. The highest BCUT2D eigenvalue weighted by Crippen LogP contribution is 2.44. The molecule has 7 nitrogen and oxygen atoms in total. The quantitative estimate of drug-likeness (QED) is 0.321. The number of aliphatic hydroxyl groups is 1. The Balaban J connectivity index is 1.99. The second-order valence-corrected chi connectivity index (χ2v) is 11.1. The van der Waals surface area contributed by atoms with Crippen LogP contribution in [0.1, 0.15) is 37.4 Å². The van der Waals surface area contributed by atoms with Crippen LogP contribution in [0, 0.1) is 5.82 Å². The van der Waals surface area contributed by atoms with Crippen LogP contribution in [0.5, 0.6) is 0 Å². The summed E-state index contributed by atoms with van der Waals surface area (Å²) in [4.78, 5) is 21.9. The Hall–Kier alpha value is -2.80. The van der Waals surface area contributed by atoms with E-state index in [1.807, 2.05) is 48.9 Å². The van der Waals surface area contributed by atoms with Gasteiger partial charge in [0.15, 0.2) is 0 Å². The highest BCUT2D eigenvalue weighted by Gasteiger charge is 2.28. The number of aromatic nitrogens is 2. The average molecular weight is 488 g/mol. The van der Waals surface area contributed by atoms with Gasteiger partial charge in [0.1, 0.15) is 5.82 Å². The van der Waals surface area contributed by atoms with Gasteiger partial charge in [0.2, 0.25) is 7.37 Å². The molecular formula is C25H30FN2O5P. The predicted octanol–water partition coefficient (Wildman–Crippen LogP) is 4.54. The van der Waals surface area contributed by atoms with Crippen LogP contribution in [-0.4, -0.2) is 51.3 Å². The summed E-state index contributed by atoms with van der Waals surface area (Å²) in [5.74, 6) is -0.964. The Bertz CT molecular complexity index is 1160. The van der Waals surface area contributed by atoms with Gasteiger partial charge in [0, 0.05) is 17.3 Å². The highest BCUT2D eigenvalue weighted by atomic mass is 31.2. The molecule has 0 fully saturated rings. The van der Waals surface area contributed by atoms with E-state index in [0.29, 0.717) is 11.3 Å². The maximum absolute atomic E-state index is 13.6. The number of benzene rings is 2. The fourth-order valence-electron chi connectivity index (χ4n) is 3.96. The Kier molecular flexibility index (Phi) is 8.42. The first-order valence-electron chi connectivity index (χ1n) is 11.1. The van der Waals surface area contributed by atoms with E-state index in [-0.39, 0.29) is 30.7 Å².